The third-order valence-electron chi connectivity index (χ3n) is 6.73. The van der Waals surface area contributed by atoms with E-state index in [-0.39, 0.29) is 11.5 Å². The lowest BCUT2D eigenvalue weighted by Crippen LogP contribution is -2.38. The molecule has 2 fully saturated rings. The van der Waals surface area contributed by atoms with E-state index >= 15 is 0 Å². The average Bonchev–Trinajstić information content (AvgIpc) is 3.35. The Hall–Kier alpha value is -2.78. The summed E-state index contributed by atoms with van der Waals surface area (Å²) in [5.41, 5.74) is 2.75. The molecule has 0 amide bonds. The van der Waals surface area contributed by atoms with Crippen LogP contribution in [0.1, 0.15) is 45.3 Å². The molecule has 1 N–H and O–H groups in total. The molecule has 0 aliphatic carbocycles. The molecule has 3 aromatic rings. The minimum Gasteiger partial charge on any atom is -0.388 e. The van der Waals surface area contributed by atoms with Gasteiger partial charge in [-0.2, -0.15) is 5.10 Å². The fraction of sp³-hybridized carbons (Fsp3) is 0.583. The maximum Gasteiger partial charge on any atom is 0.162 e. The van der Waals surface area contributed by atoms with Crippen molar-refractivity contribution >= 4 is 22.4 Å². The molecule has 2 aliphatic rings. The van der Waals surface area contributed by atoms with Crippen LogP contribution in [0.2, 0.25) is 0 Å². The molecule has 0 unspecified atom stereocenters. The summed E-state index contributed by atoms with van der Waals surface area (Å²) in [4.78, 5) is 4.56. The third kappa shape index (κ3) is 4.52. The predicted molar refractivity (Wildman–Crippen MR) is 127 cm³/mol. The maximum absolute atomic E-state index is 11.1. The van der Waals surface area contributed by atoms with Crippen molar-refractivity contribution in [1.29, 1.82) is 0 Å². The van der Waals surface area contributed by atoms with Crippen LogP contribution in [0.3, 0.4) is 0 Å². The van der Waals surface area contributed by atoms with Gasteiger partial charge in [-0.1, -0.05) is 0 Å². The first-order valence-corrected chi connectivity index (χ1v) is 11.8. The largest absolute Gasteiger partial charge is 0.388 e. The molecule has 0 saturated carbocycles. The van der Waals surface area contributed by atoms with Crippen LogP contribution in [0.5, 0.6) is 0 Å². The fourth-order valence-electron chi connectivity index (χ4n) is 4.80. The number of hydrogen-bond donors (Lipinski definition) is 1. The Kier molecular flexibility index (Phi) is 5.92. The summed E-state index contributed by atoms with van der Waals surface area (Å²) in [7, 11) is 0. The van der Waals surface area contributed by atoms with Crippen molar-refractivity contribution in [3.63, 3.8) is 0 Å². The summed E-state index contributed by atoms with van der Waals surface area (Å²) in [5.74, 6) is 0.949. The topological polar surface area (TPSA) is 92.4 Å². The fourth-order valence-corrected chi connectivity index (χ4v) is 4.80. The molecular weight excluding hydrogens is 418 g/mol. The number of nitrogens with zero attached hydrogens (tertiary/aromatic N) is 7. The SMILES string of the molecule is CC(C)(C)n1cc([C@@H](O)[C@H]2CCCN(c3nnnc4cc(N5CCOCC5)ccc34)C2)cn1. The van der Waals surface area contributed by atoms with Gasteiger partial charge in [-0.15, -0.1) is 10.2 Å². The van der Waals surface area contributed by atoms with Gasteiger partial charge in [0.05, 0.1) is 31.1 Å². The molecule has 1 aromatic carbocycles. The quantitative estimate of drug-likeness (QED) is 0.647. The molecule has 9 heteroatoms. The first-order valence-electron chi connectivity index (χ1n) is 11.8. The van der Waals surface area contributed by atoms with Crippen LogP contribution in [0.15, 0.2) is 30.6 Å². The van der Waals surface area contributed by atoms with Gasteiger partial charge in [-0.25, -0.2) is 0 Å². The molecule has 0 spiro atoms. The highest BCUT2D eigenvalue weighted by Gasteiger charge is 2.30. The Morgan fingerprint density at radius 1 is 1.09 bits per heavy atom. The lowest BCUT2D eigenvalue weighted by atomic mass is 9.89. The van der Waals surface area contributed by atoms with Crippen LogP contribution >= 0.6 is 0 Å². The van der Waals surface area contributed by atoms with Gasteiger partial charge in [0.25, 0.3) is 0 Å². The van der Waals surface area contributed by atoms with Crippen molar-refractivity contribution in [2.24, 2.45) is 5.92 Å². The van der Waals surface area contributed by atoms with Gasteiger partial charge in [-0.05, 0) is 57.0 Å². The van der Waals surface area contributed by atoms with Crippen LogP contribution < -0.4 is 9.80 Å². The Balaban J connectivity index is 1.36. The maximum atomic E-state index is 11.1. The Labute approximate surface area is 194 Å². The minimum absolute atomic E-state index is 0.106. The summed E-state index contributed by atoms with van der Waals surface area (Å²) in [5, 5.41) is 29.4. The highest BCUT2D eigenvalue weighted by atomic mass is 16.5. The van der Waals surface area contributed by atoms with E-state index in [4.69, 9.17) is 4.74 Å². The number of aliphatic hydroxyl groups excluding tert-OH is 1. The highest BCUT2D eigenvalue weighted by molar-refractivity contribution is 5.91. The zero-order valence-corrected chi connectivity index (χ0v) is 19.7. The molecule has 0 radical (unpaired) electrons. The molecule has 5 rings (SSSR count). The van der Waals surface area contributed by atoms with Gasteiger partial charge in [-0.3, -0.25) is 4.68 Å². The van der Waals surface area contributed by atoms with Crippen molar-refractivity contribution in [2.45, 2.75) is 45.3 Å². The molecule has 9 nitrogen and oxygen atoms in total. The van der Waals surface area contributed by atoms with Gasteiger partial charge in [0.2, 0.25) is 0 Å². The van der Waals surface area contributed by atoms with Crippen molar-refractivity contribution in [1.82, 2.24) is 25.2 Å². The smallest absolute Gasteiger partial charge is 0.162 e. The molecule has 4 heterocycles. The van der Waals surface area contributed by atoms with Crippen molar-refractivity contribution in [3.8, 4) is 0 Å². The van der Waals surface area contributed by atoms with Crippen LogP contribution in [0, 0.1) is 5.92 Å². The number of fused-ring (bicyclic) bond motifs is 1. The monoisotopic (exact) mass is 451 g/mol. The summed E-state index contributed by atoms with van der Waals surface area (Å²) in [6.45, 7) is 11.2. The summed E-state index contributed by atoms with van der Waals surface area (Å²) < 4.78 is 7.39. The lowest BCUT2D eigenvalue weighted by Gasteiger charge is -2.35. The molecule has 176 valence electrons. The molecule has 2 saturated heterocycles. The Morgan fingerprint density at radius 3 is 2.67 bits per heavy atom. The highest BCUT2D eigenvalue weighted by Crippen LogP contribution is 2.34. The third-order valence-corrected chi connectivity index (χ3v) is 6.73. The number of aromatic nitrogens is 5. The van der Waals surface area contributed by atoms with E-state index in [1.165, 1.54) is 0 Å². The minimum atomic E-state index is -0.558. The lowest BCUT2D eigenvalue weighted by molar-refractivity contribution is 0.0978. The predicted octanol–water partition coefficient (Wildman–Crippen LogP) is 2.76. The van der Waals surface area contributed by atoms with Crippen molar-refractivity contribution in [3.05, 3.63) is 36.2 Å². The van der Waals surface area contributed by atoms with Gasteiger partial charge in [0, 0.05) is 54.9 Å². The molecule has 0 bridgehead atoms. The number of anilines is 2. The number of aliphatic hydroxyl groups is 1. The van der Waals surface area contributed by atoms with Crippen LogP contribution in [0.4, 0.5) is 11.5 Å². The van der Waals surface area contributed by atoms with Crippen LogP contribution in [0.25, 0.3) is 10.9 Å². The average molecular weight is 452 g/mol. The standard InChI is InChI=1S/C24H33N7O2/c1-24(2,3)31-16-18(14-25-31)22(32)17-5-4-8-30(15-17)23-20-7-6-19(13-21(20)26-28-27-23)29-9-11-33-12-10-29/h6-7,13-14,16-17,22,32H,4-5,8-12,15H2,1-3H3/t17-,22-/m0/s1. The van der Waals surface area contributed by atoms with E-state index in [0.29, 0.717) is 0 Å². The first kappa shape index (κ1) is 22.0. The number of rotatable bonds is 4. The van der Waals surface area contributed by atoms with Gasteiger partial charge in [0.15, 0.2) is 5.82 Å². The second kappa shape index (κ2) is 8.87. The second-order valence-corrected chi connectivity index (χ2v) is 10.1. The van der Waals surface area contributed by atoms with E-state index in [1.807, 2.05) is 10.9 Å². The second-order valence-electron chi connectivity index (χ2n) is 10.1. The Morgan fingerprint density at radius 2 is 1.91 bits per heavy atom. The Bertz CT molecular complexity index is 1100. The number of piperidine rings is 1. The van der Waals surface area contributed by atoms with Crippen LogP contribution in [-0.2, 0) is 10.3 Å². The van der Waals surface area contributed by atoms with E-state index < -0.39 is 6.10 Å². The molecule has 2 aromatic heterocycles. The first-order chi connectivity index (χ1) is 15.9. The summed E-state index contributed by atoms with van der Waals surface area (Å²) in [6, 6.07) is 6.33. The van der Waals surface area contributed by atoms with E-state index in [2.05, 4.69) is 69.3 Å². The summed E-state index contributed by atoms with van der Waals surface area (Å²) in [6.07, 6.45) is 5.17. The van der Waals surface area contributed by atoms with Gasteiger partial charge < -0.3 is 19.6 Å². The normalized spacial score (nSPS) is 20.9. The van der Waals surface area contributed by atoms with Crippen molar-refractivity contribution < 1.29 is 9.84 Å². The van der Waals surface area contributed by atoms with E-state index in [1.54, 1.807) is 6.20 Å². The number of hydrogen-bond acceptors (Lipinski definition) is 8. The molecular formula is C24H33N7O2. The number of benzene rings is 1. The zero-order chi connectivity index (χ0) is 23.0. The summed E-state index contributed by atoms with van der Waals surface area (Å²) >= 11 is 0. The van der Waals surface area contributed by atoms with Crippen molar-refractivity contribution in [2.75, 3.05) is 49.2 Å². The van der Waals surface area contributed by atoms with Gasteiger partial charge >= 0.3 is 0 Å². The van der Waals surface area contributed by atoms with E-state index in [0.717, 1.165) is 80.2 Å². The zero-order valence-electron chi connectivity index (χ0n) is 19.7. The molecule has 2 aliphatic heterocycles. The van der Waals surface area contributed by atoms with E-state index in [9.17, 15) is 5.11 Å². The molecule has 2 atom stereocenters. The van der Waals surface area contributed by atoms with Crippen LogP contribution in [-0.4, -0.2) is 69.7 Å². The number of ether oxygens (including phenoxy) is 1. The number of morpholine rings is 1. The molecule has 33 heavy (non-hydrogen) atoms. The van der Waals surface area contributed by atoms with Gasteiger partial charge in [0.1, 0.15) is 5.52 Å².